The highest BCUT2D eigenvalue weighted by atomic mass is 32.2. The molecule has 0 aliphatic heterocycles. The lowest BCUT2D eigenvalue weighted by Crippen LogP contribution is -2.28. The van der Waals surface area contributed by atoms with Gasteiger partial charge in [0.2, 0.25) is 5.96 Å². The van der Waals surface area contributed by atoms with E-state index in [-0.39, 0.29) is 15.6 Å². The van der Waals surface area contributed by atoms with Crippen LogP contribution in [-0.4, -0.2) is 35.5 Å². The number of halogens is 1. The van der Waals surface area contributed by atoms with Crippen LogP contribution in [0.1, 0.15) is 11.1 Å². The van der Waals surface area contributed by atoms with Crippen LogP contribution in [0, 0.1) is 18.2 Å². The molecule has 134 valence electrons. The van der Waals surface area contributed by atoms with E-state index in [4.69, 9.17) is 20.9 Å². The van der Waals surface area contributed by atoms with E-state index in [9.17, 15) is 12.8 Å². The van der Waals surface area contributed by atoms with Crippen molar-refractivity contribution in [2.75, 3.05) is 0 Å². The van der Waals surface area contributed by atoms with Gasteiger partial charge in [-0.05, 0) is 25.1 Å². The SMILES string of the molecule is Cc1ccc(S(=O)(=O)O)cc1.N=C(N)N(O)/N=C/c1ccccc1F. The van der Waals surface area contributed by atoms with Crippen LogP contribution in [0.3, 0.4) is 0 Å². The standard InChI is InChI=1S/C8H9FN4O.C7H8O3S/c9-7-4-2-1-3-6(7)5-12-13(14)8(10)11;1-6-2-4-7(5-3-6)11(8,9)10/h1-5,14H,(H3,10,11);2-5H,1H3,(H,8,9,10)/b12-5+;. The first-order valence-corrected chi connectivity index (χ1v) is 8.21. The molecular formula is C15H17FN4O4S. The molecule has 0 amide bonds. The molecule has 0 unspecified atom stereocenters. The summed E-state index contributed by atoms with van der Waals surface area (Å²) in [5.41, 5.74) is 6.05. The number of hydroxylamine groups is 1. The minimum Gasteiger partial charge on any atom is -0.367 e. The monoisotopic (exact) mass is 368 g/mol. The molecule has 0 aliphatic rings. The van der Waals surface area contributed by atoms with Gasteiger partial charge >= 0.3 is 0 Å². The summed E-state index contributed by atoms with van der Waals surface area (Å²) >= 11 is 0. The molecule has 0 spiro atoms. The second kappa shape index (κ2) is 8.87. The average molecular weight is 368 g/mol. The van der Waals surface area contributed by atoms with Gasteiger partial charge in [-0.2, -0.15) is 13.5 Å². The molecule has 0 radical (unpaired) electrons. The first-order valence-electron chi connectivity index (χ1n) is 6.77. The van der Waals surface area contributed by atoms with E-state index < -0.39 is 21.9 Å². The second-order valence-corrected chi connectivity index (χ2v) is 6.15. The Morgan fingerprint density at radius 3 is 2.28 bits per heavy atom. The first-order chi connectivity index (χ1) is 11.6. The maximum atomic E-state index is 13.0. The summed E-state index contributed by atoms with van der Waals surface area (Å²) in [6.45, 7) is 1.84. The van der Waals surface area contributed by atoms with Crippen LogP contribution in [0.5, 0.6) is 0 Å². The molecule has 2 aromatic carbocycles. The fourth-order valence-electron chi connectivity index (χ4n) is 1.47. The van der Waals surface area contributed by atoms with Crippen LogP contribution in [0.15, 0.2) is 58.5 Å². The highest BCUT2D eigenvalue weighted by Crippen LogP contribution is 2.08. The summed E-state index contributed by atoms with van der Waals surface area (Å²) in [4.78, 5) is -0.0666. The van der Waals surface area contributed by atoms with Crippen LogP contribution in [0.25, 0.3) is 0 Å². The summed E-state index contributed by atoms with van der Waals surface area (Å²) < 4.78 is 42.5. The van der Waals surface area contributed by atoms with E-state index in [2.05, 4.69) is 5.10 Å². The average Bonchev–Trinajstić information content (AvgIpc) is 2.54. The minimum atomic E-state index is -4.02. The van der Waals surface area contributed by atoms with E-state index in [0.29, 0.717) is 0 Å². The highest BCUT2D eigenvalue weighted by Gasteiger charge is 2.06. The zero-order chi connectivity index (χ0) is 19.0. The van der Waals surface area contributed by atoms with E-state index in [1.165, 1.54) is 30.3 Å². The number of hydrogen-bond donors (Lipinski definition) is 4. The summed E-state index contributed by atoms with van der Waals surface area (Å²) in [7, 11) is -4.02. The smallest absolute Gasteiger partial charge is 0.294 e. The third-order valence-corrected chi connectivity index (χ3v) is 3.61. The molecule has 0 bridgehead atoms. The molecule has 0 aliphatic carbocycles. The van der Waals surface area contributed by atoms with Crippen LogP contribution >= 0.6 is 0 Å². The molecule has 0 heterocycles. The molecule has 2 rings (SSSR count). The van der Waals surface area contributed by atoms with Crippen molar-refractivity contribution in [1.29, 1.82) is 5.41 Å². The Kier molecular flexibility index (Phi) is 7.18. The lowest BCUT2D eigenvalue weighted by atomic mass is 10.2. The lowest BCUT2D eigenvalue weighted by Gasteiger charge is -2.05. The Labute approximate surface area is 144 Å². The summed E-state index contributed by atoms with van der Waals surface area (Å²) in [6, 6.07) is 11.9. The molecule has 0 aromatic heterocycles. The van der Waals surface area contributed by atoms with Crippen LogP contribution in [-0.2, 0) is 10.1 Å². The van der Waals surface area contributed by atoms with Gasteiger partial charge in [0.25, 0.3) is 10.1 Å². The Morgan fingerprint density at radius 1 is 1.24 bits per heavy atom. The fourth-order valence-corrected chi connectivity index (χ4v) is 1.95. The van der Waals surface area contributed by atoms with Gasteiger partial charge in [-0.3, -0.25) is 15.2 Å². The Morgan fingerprint density at radius 2 is 1.80 bits per heavy atom. The normalized spacial score (nSPS) is 10.9. The fraction of sp³-hybridized carbons (Fsp3) is 0.0667. The third-order valence-electron chi connectivity index (χ3n) is 2.75. The van der Waals surface area contributed by atoms with Crippen LogP contribution < -0.4 is 5.73 Å². The van der Waals surface area contributed by atoms with Gasteiger partial charge in [-0.1, -0.05) is 35.9 Å². The van der Waals surface area contributed by atoms with Crippen molar-refractivity contribution < 1.29 is 22.6 Å². The van der Waals surface area contributed by atoms with Crippen molar-refractivity contribution in [2.45, 2.75) is 11.8 Å². The molecule has 8 nitrogen and oxygen atoms in total. The predicted octanol–water partition coefficient (Wildman–Crippen LogP) is 1.99. The van der Waals surface area contributed by atoms with Gasteiger partial charge in [-0.25, -0.2) is 4.39 Å². The van der Waals surface area contributed by atoms with E-state index in [1.807, 2.05) is 6.92 Å². The van der Waals surface area contributed by atoms with Crippen molar-refractivity contribution in [3.8, 4) is 0 Å². The molecule has 0 atom stereocenters. The van der Waals surface area contributed by atoms with Gasteiger partial charge in [-0.15, -0.1) is 5.17 Å². The van der Waals surface area contributed by atoms with Crippen LogP contribution in [0.2, 0.25) is 0 Å². The highest BCUT2D eigenvalue weighted by molar-refractivity contribution is 7.85. The van der Waals surface area contributed by atoms with Gasteiger partial charge < -0.3 is 5.73 Å². The zero-order valence-corrected chi connectivity index (χ0v) is 14.0. The number of nitrogens with zero attached hydrogens (tertiary/aromatic N) is 2. The Hall–Kier alpha value is -2.82. The molecule has 0 saturated carbocycles. The predicted molar refractivity (Wildman–Crippen MR) is 90.5 cm³/mol. The van der Waals surface area contributed by atoms with E-state index in [1.54, 1.807) is 18.2 Å². The van der Waals surface area contributed by atoms with Crippen molar-refractivity contribution in [3.63, 3.8) is 0 Å². The molecule has 25 heavy (non-hydrogen) atoms. The van der Waals surface area contributed by atoms with Crippen molar-refractivity contribution >= 4 is 22.3 Å². The Bertz CT molecular complexity index is 854. The maximum Gasteiger partial charge on any atom is 0.294 e. The number of nitrogens with one attached hydrogen (secondary N) is 1. The number of hydrazone groups is 1. The van der Waals surface area contributed by atoms with Gasteiger partial charge in [0.1, 0.15) is 5.82 Å². The molecular weight excluding hydrogens is 351 g/mol. The number of aryl methyl sites for hydroxylation is 1. The summed E-state index contributed by atoms with van der Waals surface area (Å²) in [5, 5.41) is 19.1. The van der Waals surface area contributed by atoms with Gasteiger partial charge in [0.15, 0.2) is 0 Å². The molecule has 5 N–H and O–H groups in total. The van der Waals surface area contributed by atoms with Gasteiger partial charge in [0, 0.05) is 5.56 Å². The number of guanidine groups is 1. The van der Waals surface area contributed by atoms with E-state index >= 15 is 0 Å². The lowest BCUT2D eigenvalue weighted by molar-refractivity contribution is -0.0139. The zero-order valence-electron chi connectivity index (χ0n) is 13.2. The van der Waals surface area contributed by atoms with Crippen molar-refractivity contribution in [2.24, 2.45) is 10.8 Å². The van der Waals surface area contributed by atoms with Crippen molar-refractivity contribution in [3.05, 3.63) is 65.5 Å². The minimum absolute atomic E-state index is 0.0666. The summed E-state index contributed by atoms with van der Waals surface area (Å²) in [5.74, 6) is -1.11. The van der Waals surface area contributed by atoms with Gasteiger partial charge in [0.05, 0.1) is 11.1 Å². The quantitative estimate of drug-likeness (QED) is 0.283. The molecule has 0 saturated heterocycles. The molecule has 0 fully saturated rings. The number of benzene rings is 2. The first kappa shape index (κ1) is 20.2. The molecule has 10 heteroatoms. The number of nitrogens with two attached hydrogens (primary N) is 1. The third kappa shape index (κ3) is 7.08. The second-order valence-electron chi connectivity index (χ2n) is 4.73. The number of rotatable bonds is 3. The van der Waals surface area contributed by atoms with E-state index in [0.717, 1.165) is 11.8 Å². The van der Waals surface area contributed by atoms with Crippen molar-refractivity contribution in [1.82, 2.24) is 5.17 Å². The Balaban J connectivity index is 0.000000257. The largest absolute Gasteiger partial charge is 0.367 e. The number of hydrogen-bond acceptors (Lipinski definition) is 5. The maximum absolute atomic E-state index is 13.0. The topological polar surface area (TPSA) is 140 Å². The van der Waals surface area contributed by atoms with Crippen LogP contribution in [0.4, 0.5) is 4.39 Å². The summed E-state index contributed by atoms with van der Waals surface area (Å²) in [6.07, 6.45) is 1.07. The molecule has 2 aromatic rings.